The largest absolute Gasteiger partial charge is 0.477 e. The Bertz CT molecular complexity index is 715. The highest BCUT2D eigenvalue weighted by atomic mass is 79.9. The molecular weight excluding hydrogens is 324 g/mol. The molecule has 0 saturated heterocycles. The Balaban J connectivity index is 2.49. The molecule has 0 spiro atoms. The molecule has 2 heterocycles. The molecule has 18 heavy (non-hydrogen) atoms. The lowest BCUT2D eigenvalue weighted by Gasteiger charge is -2.04. The number of halogens is 1. The smallest absolute Gasteiger partial charge is 0.342 e. The van der Waals surface area contributed by atoms with Gasteiger partial charge in [0.1, 0.15) is 5.56 Å². The van der Waals surface area contributed by atoms with Crippen LogP contribution in [0.2, 0.25) is 0 Å². The monoisotopic (exact) mass is 330 g/mol. The molecule has 0 amide bonds. The molecule has 94 valence electrons. The summed E-state index contributed by atoms with van der Waals surface area (Å²) < 4.78 is 1.99. The molecule has 2 N–H and O–H groups in total. The normalized spacial score (nSPS) is 10.5. The van der Waals surface area contributed by atoms with Gasteiger partial charge in [-0.2, -0.15) is 0 Å². The predicted molar refractivity (Wildman–Crippen MR) is 69.4 cm³/mol. The second kappa shape index (κ2) is 4.91. The molecule has 0 unspecified atom stereocenters. The molecule has 0 fully saturated rings. The van der Waals surface area contributed by atoms with Crippen molar-refractivity contribution in [2.75, 3.05) is 0 Å². The van der Waals surface area contributed by atoms with Gasteiger partial charge in [-0.05, 0) is 27.4 Å². The molecule has 2 aromatic rings. The van der Waals surface area contributed by atoms with Crippen LogP contribution in [0.15, 0.2) is 31.7 Å². The first-order valence-electron chi connectivity index (χ1n) is 4.78. The van der Waals surface area contributed by atoms with Crippen molar-refractivity contribution < 1.29 is 9.90 Å². The minimum Gasteiger partial charge on any atom is -0.477 e. The summed E-state index contributed by atoms with van der Waals surface area (Å²) in [4.78, 5) is 36.5. The molecule has 0 aromatic carbocycles. The predicted octanol–water partition coefficient (Wildman–Crippen LogP) is 1.11. The third-order valence-electron chi connectivity index (χ3n) is 2.25. The van der Waals surface area contributed by atoms with Gasteiger partial charge in [0.25, 0.3) is 5.56 Å². The van der Waals surface area contributed by atoms with Gasteiger partial charge < -0.3 is 5.11 Å². The van der Waals surface area contributed by atoms with Crippen LogP contribution in [0, 0.1) is 0 Å². The van der Waals surface area contributed by atoms with Gasteiger partial charge in [-0.3, -0.25) is 14.3 Å². The van der Waals surface area contributed by atoms with Crippen LogP contribution in [0.3, 0.4) is 0 Å². The van der Waals surface area contributed by atoms with E-state index in [2.05, 4.69) is 15.9 Å². The Morgan fingerprint density at radius 2 is 2.22 bits per heavy atom. The van der Waals surface area contributed by atoms with Gasteiger partial charge >= 0.3 is 11.7 Å². The third-order valence-corrected chi connectivity index (χ3v) is 4.16. The first-order chi connectivity index (χ1) is 8.49. The van der Waals surface area contributed by atoms with Gasteiger partial charge in [-0.15, -0.1) is 11.3 Å². The lowest BCUT2D eigenvalue weighted by molar-refractivity contribution is 0.0693. The van der Waals surface area contributed by atoms with E-state index in [4.69, 9.17) is 5.11 Å². The van der Waals surface area contributed by atoms with Crippen molar-refractivity contribution in [2.45, 2.75) is 6.54 Å². The van der Waals surface area contributed by atoms with Crippen LogP contribution in [-0.2, 0) is 6.54 Å². The van der Waals surface area contributed by atoms with E-state index in [-0.39, 0.29) is 6.54 Å². The maximum absolute atomic E-state index is 11.6. The van der Waals surface area contributed by atoms with E-state index in [0.29, 0.717) is 0 Å². The quantitative estimate of drug-likeness (QED) is 0.881. The lowest BCUT2D eigenvalue weighted by atomic mass is 10.3. The highest BCUT2D eigenvalue weighted by Crippen LogP contribution is 2.22. The van der Waals surface area contributed by atoms with Crippen LogP contribution in [0.5, 0.6) is 0 Å². The van der Waals surface area contributed by atoms with Gasteiger partial charge in [0.15, 0.2) is 0 Å². The van der Waals surface area contributed by atoms with E-state index >= 15 is 0 Å². The van der Waals surface area contributed by atoms with Gasteiger partial charge in [-0.1, -0.05) is 0 Å². The number of rotatable bonds is 3. The molecule has 0 saturated carbocycles. The maximum Gasteiger partial charge on any atom is 0.342 e. The van der Waals surface area contributed by atoms with Gasteiger partial charge in [0.2, 0.25) is 0 Å². The first kappa shape index (κ1) is 12.8. The fraction of sp³-hybridized carbons (Fsp3) is 0.100. The summed E-state index contributed by atoms with van der Waals surface area (Å²) in [5.41, 5.74) is -1.98. The molecule has 0 aliphatic heterocycles. The standard InChI is InChI=1S/C10H7BrN2O4S/c11-6-1-2-18-7(6)4-13-3-5(9(15)16)8(14)12-10(13)17/h1-3H,4H2,(H,15,16)(H,12,14,17). The van der Waals surface area contributed by atoms with E-state index in [1.807, 2.05) is 16.4 Å². The highest BCUT2D eigenvalue weighted by Gasteiger charge is 2.12. The summed E-state index contributed by atoms with van der Waals surface area (Å²) >= 11 is 4.74. The SMILES string of the molecule is O=C(O)c1cn(Cc2sccc2Br)c(=O)[nH]c1=O. The summed E-state index contributed by atoms with van der Waals surface area (Å²) in [7, 11) is 0. The first-order valence-corrected chi connectivity index (χ1v) is 6.45. The van der Waals surface area contributed by atoms with E-state index < -0.39 is 22.8 Å². The molecule has 0 atom stereocenters. The number of aromatic amines is 1. The second-order valence-corrected chi connectivity index (χ2v) is 5.28. The summed E-state index contributed by atoms with van der Waals surface area (Å²) in [6.07, 6.45) is 1.05. The fourth-order valence-corrected chi connectivity index (χ4v) is 2.85. The van der Waals surface area contributed by atoms with Crippen molar-refractivity contribution in [3.8, 4) is 0 Å². The van der Waals surface area contributed by atoms with Crippen molar-refractivity contribution in [2.24, 2.45) is 0 Å². The van der Waals surface area contributed by atoms with Crippen molar-refractivity contribution in [1.29, 1.82) is 0 Å². The highest BCUT2D eigenvalue weighted by molar-refractivity contribution is 9.10. The molecule has 0 aliphatic carbocycles. The van der Waals surface area contributed by atoms with Crippen molar-refractivity contribution in [1.82, 2.24) is 9.55 Å². The summed E-state index contributed by atoms with van der Waals surface area (Å²) in [5, 5.41) is 10.7. The molecule has 2 aromatic heterocycles. The zero-order chi connectivity index (χ0) is 13.3. The van der Waals surface area contributed by atoms with E-state index in [9.17, 15) is 14.4 Å². The van der Waals surface area contributed by atoms with Crippen LogP contribution >= 0.6 is 27.3 Å². The van der Waals surface area contributed by atoms with E-state index in [0.717, 1.165) is 20.1 Å². The lowest BCUT2D eigenvalue weighted by Crippen LogP contribution is -2.33. The molecule has 0 bridgehead atoms. The second-order valence-electron chi connectivity index (χ2n) is 3.43. The maximum atomic E-state index is 11.6. The van der Waals surface area contributed by atoms with Crippen molar-refractivity contribution in [3.63, 3.8) is 0 Å². The number of hydrogen-bond acceptors (Lipinski definition) is 4. The molecule has 8 heteroatoms. The molecular formula is C10H7BrN2O4S. The molecule has 0 radical (unpaired) electrons. The van der Waals surface area contributed by atoms with Crippen LogP contribution in [-0.4, -0.2) is 20.6 Å². The molecule has 0 aliphatic rings. The summed E-state index contributed by atoms with van der Waals surface area (Å²) in [6, 6.07) is 1.83. The minimum atomic E-state index is -1.37. The number of carboxylic acid groups (broad SMARTS) is 1. The molecule has 6 nitrogen and oxygen atoms in total. The summed E-state index contributed by atoms with van der Waals surface area (Å²) in [5.74, 6) is -1.37. The Morgan fingerprint density at radius 1 is 1.50 bits per heavy atom. The van der Waals surface area contributed by atoms with E-state index in [1.54, 1.807) is 0 Å². The van der Waals surface area contributed by atoms with Crippen LogP contribution < -0.4 is 11.2 Å². The average molecular weight is 331 g/mol. The Morgan fingerprint density at radius 3 is 2.78 bits per heavy atom. The fourth-order valence-electron chi connectivity index (χ4n) is 1.37. The van der Waals surface area contributed by atoms with Crippen LogP contribution in [0.4, 0.5) is 0 Å². The number of aromatic carboxylic acids is 1. The number of carboxylic acids is 1. The zero-order valence-electron chi connectivity index (χ0n) is 8.84. The van der Waals surface area contributed by atoms with Crippen molar-refractivity contribution in [3.05, 3.63) is 53.4 Å². The van der Waals surface area contributed by atoms with Crippen LogP contribution in [0.25, 0.3) is 0 Å². The average Bonchev–Trinajstić information content (AvgIpc) is 2.67. The van der Waals surface area contributed by atoms with Crippen LogP contribution in [0.1, 0.15) is 15.2 Å². The Hall–Kier alpha value is -1.67. The minimum absolute atomic E-state index is 0.203. The number of thiophene rings is 1. The number of carbonyl (C=O) groups is 1. The van der Waals surface area contributed by atoms with Gasteiger partial charge in [0.05, 0.1) is 6.54 Å². The number of hydrogen-bond donors (Lipinski definition) is 2. The number of aromatic nitrogens is 2. The van der Waals surface area contributed by atoms with Crippen molar-refractivity contribution >= 4 is 33.2 Å². The summed E-state index contributed by atoms with van der Waals surface area (Å²) in [6.45, 7) is 0.203. The zero-order valence-corrected chi connectivity index (χ0v) is 11.2. The number of nitrogens with zero attached hydrogens (tertiary/aromatic N) is 1. The van der Waals surface area contributed by atoms with Gasteiger partial charge in [0, 0.05) is 15.5 Å². The van der Waals surface area contributed by atoms with Gasteiger partial charge in [-0.25, -0.2) is 9.59 Å². The topological polar surface area (TPSA) is 92.2 Å². The Labute approximate surface area is 113 Å². The van der Waals surface area contributed by atoms with E-state index in [1.165, 1.54) is 11.3 Å². The Kier molecular flexibility index (Phi) is 3.48. The molecule has 2 rings (SSSR count). The third kappa shape index (κ3) is 2.44. The number of H-pyrrole nitrogens is 1. The number of nitrogens with one attached hydrogen (secondary N) is 1.